The number of aryl methyl sites for hydroxylation is 3. The van der Waals surface area contributed by atoms with Gasteiger partial charge in [-0.1, -0.05) is 29.8 Å². The Morgan fingerprint density at radius 3 is 2.12 bits per heavy atom. The van der Waals surface area contributed by atoms with Crippen LogP contribution in [0.15, 0.2) is 36.4 Å². The van der Waals surface area contributed by atoms with Gasteiger partial charge in [-0.2, -0.15) is 0 Å². The molecule has 0 amide bonds. The molecule has 0 saturated carbocycles. The maximum Gasteiger partial charge on any atom is 0.146 e. The molecule has 0 aliphatic carbocycles. The van der Waals surface area contributed by atoms with Crippen LogP contribution in [-0.2, 0) is 0 Å². The molecule has 0 aromatic heterocycles. The van der Waals surface area contributed by atoms with E-state index in [9.17, 15) is 4.39 Å². The Hall–Kier alpha value is -1.83. The molecule has 0 radical (unpaired) electrons. The average molecular weight is 229 g/mol. The van der Waals surface area contributed by atoms with E-state index in [1.165, 1.54) is 11.6 Å². The lowest BCUT2D eigenvalue weighted by atomic mass is 10.0. The van der Waals surface area contributed by atoms with Crippen LogP contribution in [0.5, 0.6) is 0 Å². The fraction of sp³-hybridized carbons (Fsp3) is 0.200. The second-order valence-electron chi connectivity index (χ2n) is 4.38. The van der Waals surface area contributed by atoms with Crippen molar-refractivity contribution in [1.82, 2.24) is 0 Å². The molecule has 0 fully saturated rings. The maximum absolute atomic E-state index is 13.6. The molecular weight excluding hydrogens is 213 g/mol. The number of hydrogen-bond donors (Lipinski definition) is 1. The Morgan fingerprint density at radius 1 is 0.941 bits per heavy atom. The fourth-order valence-corrected chi connectivity index (χ4v) is 2.07. The Balaban J connectivity index is 2.40. The third kappa shape index (κ3) is 2.47. The first-order valence-electron chi connectivity index (χ1n) is 5.67. The maximum atomic E-state index is 13.6. The number of halogens is 1. The molecule has 2 rings (SSSR count). The first kappa shape index (κ1) is 11.6. The van der Waals surface area contributed by atoms with Gasteiger partial charge in [0.05, 0.1) is 5.69 Å². The van der Waals surface area contributed by atoms with E-state index in [1.807, 2.05) is 19.9 Å². The average Bonchev–Trinajstić information content (AvgIpc) is 2.25. The predicted molar refractivity (Wildman–Crippen MR) is 70.3 cm³/mol. The smallest absolute Gasteiger partial charge is 0.146 e. The van der Waals surface area contributed by atoms with Gasteiger partial charge in [0.15, 0.2) is 0 Å². The molecule has 88 valence electrons. The minimum atomic E-state index is -0.230. The van der Waals surface area contributed by atoms with Crippen molar-refractivity contribution in [3.63, 3.8) is 0 Å². The fourth-order valence-electron chi connectivity index (χ4n) is 2.07. The summed E-state index contributed by atoms with van der Waals surface area (Å²) in [5, 5.41) is 3.16. The normalized spacial score (nSPS) is 10.4. The van der Waals surface area contributed by atoms with Crippen molar-refractivity contribution in [1.29, 1.82) is 0 Å². The molecule has 17 heavy (non-hydrogen) atoms. The van der Waals surface area contributed by atoms with Gasteiger partial charge in [0, 0.05) is 5.69 Å². The quantitative estimate of drug-likeness (QED) is 0.799. The van der Waals surface area contributed by atoms with Gasteiger partial charge >= 0.3 is 0 Å². The zero-order valence-corrected chi connectivity index (χ0v) is 10.3. The Morgan fingerprint density at radius 2 is 1.53 bits per heavy atom. The number of para-hydroxylation sites is 1. The van der Waals surface area contributed by atoms with Crippen molar-refractivity contribution in [2.24, 2.45) is 0 Å². The summed E-state index contributed by atoms with van der Waals surface area (Å²) in [6, 6.07) is 10.9. The molecule has 0 heterocycles. The topological polar surface area (TPSA) is 12.0 Å². The molecule has 0 atom stereocenters. The highest BCUT2D eigenvalue weighted by Crippen LogP contribution is 2.26. The molecule has 0 aliphatic heterocycles. The van der Waals surface area contributed by atoms with E-state index in [0.29, 0.717) is 5.69 Å². The van der Waals surface area contributed by atoms with Gasteiger partial charge in [0.25, 0.3) is 0 Å². The van der Waals surface area contributed by atoms with Crippen LogP contribution in [0.3, 0.4) is 0 Å². The van der Waals surface area contributed by atoms with Crippen LogP contribution in [0, 0.1) is 26.6 Å². The van der Waals surface area contributed by atoms with Crippen LogP contribution in [0.25, 0.3) is 0 Å². The van der Waals surface area contributed by atoms with Crippen molar-refractivity contribution >= 4 is 11.4 Å². The third-order valence-corrected chi connectivity index (χ3v) is 2.81. The van der Waals surface area contributed by atoms with E-state index in [-0.39, 0.29) is 5.82 Å². The summed E-state index contributed by atoms with van der Waals surface area (Å²) in [6.45, 7) is 6.12. The highest BCUT2D eigenvalue weighted by molar-refractivity contribution is 5.67. The summed E-state index contributed by atoms with van der Waals surface area (Å²) < 4.78 is 13.6. The minimum Gasteiger partial charge on any atom is -0.353 e. The third-order valence-electron chi connectivity index (χ3n) is 2.81. The molecule has 2 heteroatoms. The molecule has 0 unspecified atom stereocenters. The summed E-state index contributed by atoms with van der Waals surface area (Å²) in [5.74, 6) is -0.230. The zero-order valence-electron chi connectivity index (χ0n) is 10.3. The first-order chi connectivity index (χ1) is 8.08. The van der Waals surface area contributed by atoms with Gasteiger partial charge in [-0.3, -0.25) is 0 Å². The summed E-state index contributed by atoms with van der Waals surface area (Å²) in [6.07, 6.45) is 0. The van der Waals surface area contributed by atoms with Crippen LogP contribution in [-0.4, -0.2) is 0 Å². The lowest BCUT2D eigenvalue weighted by Crippen LogP contribution is -1.98. The van der Waals surface area contributed by atoms with Crippen LogP contribution >= 0.6 is 0 Å². The van der Waals surface area contributed by atoms with Gasteiger partial charge in [-0.25, -0.2) is 4.39 Å². The summed E-state index contributed by atoms with van der Waals surface area (Å²) in [5.41, 5.74) is 4.99. The van der Waals surface area contributed by atoms with Crippen molar-refractivity contribution in [2.45, 2.75) is 20.8 Å². The lowest BCUT2D eigenvalue weighted by molar-refractivity contribution is 0.632. The van der Waals surface area contributed by atoms with E-state index in [4.69, 9.17) is 0 Å². The van der Waals surface area contributed by atoms with Gasteiger partial charge in [-0.15, -0.1) is 0 Å². The number of anilines is 2. The molecule has 1 nitrogen and oxygen atoms in total. The van der Waals surface area contributed by atoms with Crippen molar-refractivity contribution in [2.75, 3.05) is 5.32 Å². The van der Waals surface area contributed by atoms with E-state index in [0.717, 1.165) is 16.8 Å². The molecule has 2 aromatic rings. The zero-order chi connectivity index (χ0) is 12.4. The van der Waals surface area contributed by atoms with E-state index < -0.39 is 0 Å². The molecule has 0 aliphatic rings. The van der Waals surface area contributed by atoms with Crippen LogP contribution in [0.4, 0.5) is 15.8 Å². The summed E-state index contributed by atoms with van der Waals surface area (Å²) in [4.78, 5) is 0. The Kier molecular flexibility index (Phi) is 3.14. The predicted octanol–water partition coefficient (Wildman–Crippen LogP) is 4.49. The molecule has 1 N–H and O–H groups in total. The van der Waals surface area contributed by atoms with Crippen molar-refractivity contribution < 1.29 is 4.39 Å². The van der Waals surface area contributed by atoms with Gasteiger partial charge in [-0.05, 0) is 44.0 Å². The standard InChI is InChI=1S/C15H16FN/c1-10-8-11(2)15(12(3)9-10)17-14-7-5-4-6-13(14)16/h4-9,17H,1-3H3. The molecule has 0 saturated heterocycles. The highest BCUT2D eigenvalue weighted by atomic mass is 19.1. The van der Waals surface area contributed by atoms with Crippen LogP contribution in [0.1, 0.15) is 16.7 Å². The number of nitrogens with one attached hydrogen (secondary N) is 1. The second kappa shape index (κ2) is 4.58. The molecule has 0 spiro atoms. The number of rotatable bonds is 2. The van der Waals surface area contributed by atoms with Crippen molar-refractivity contribution in [3.8, 4) is 0 Å². The highest BCUT2D eigenvalue weighted by Gasteiger charge is 2.06. The van der Waals surface area contributed by atoms with E-state index in [1.54, 1.807) is 12.1 Å². The van der Waals surface area contributed by atoms with Crippen LogP contribution in [0.2, 0.25) is 0 Å². The molecule has 0 bridgehead atoms. The van der Waals surface area contributed by atoms with E-state index >= 15 is 0 Å². The Labute approximate surface area is 101 Å². The molecule has 2 aromatic carbocycles. The monoisotopic (exact) mass is 229 g/mol. The number of benzene rings is 2. The van der Waals surface area contributed by atoms with Crippen molar-refractivity contribution in [3.05, 3.63) is 58.9 Å². The van der Waals surface area contributed by atoms with Gasteiger partial charge in [0.1, 0.15) is 5.82 Å². The Bertz CT molecular complexity index is 523. The van der Waals surface area contributed by atoms with Crippen LogP contribution < -0.4 is 5.32 Å². The molecular formula is C15H16FN. The minimum absolute atomic E-state index is 0.230. The van der Waals surface area contributed by atoms with Gasteiger partial charge < -0.3 is 5.32 Å². The number of hydrogen-bond acceptors (Lipinski definition) is 1. The first-order valence-corrected chi connectivity index (χ1v) is 5.67. The van der Waals surface area contributed by atoms with E-state index in [2.05, 4.69) is 24.4 Å². The largest absolute Gasteiger partial charge is 0.353 e. The summed E-state index contributed by atoms with van der Waals surface area (Å²) in [7, 11) is 0. The second-order valence-corrected chi connectivity index (χ2v) is 4.38. The van der Waals surface area contributed by atoms with Gasteiger partial charge in [0.2, 0.25) is 0 Å². The SMILES string of the molecule is Cc1cc(C)c(Nc2ccccc2F)c(C)c1. The lowest BCUT2D eigenvalue weighted by Gasteiger charge is -2.14. The summed E-state index contributed by atoms with van der Waals surface area (Å²) >= 11 is 0.